The van der Waals surface area contributed by atoms with Crippen molar-refractivity contribution in [3.8, 4) is 11.8 Å². The topological polar surface area (TPSA) is 78.2 Å². The van der Waals surface area contributed by atoms with Gasteiger partial charge in [0.1, 0.15) is 16.7 Å². The molecule has 2 aromatic carbocycles. The highest BCUT2D eigenvalue weighted by atomic mass is 79.9. The number of phenolic OH excluding ortho intramolecular Hbond substituents is 1. The Balaban J connectivity index is 2.56. The first-order chi connectivity index (χ1) is 10.3. The summed E-state index contributed by atoms with van der Waals surface area (Å²) in [6.45, 7) is 0. The van der Waals surface area contributed by atoms with Crippen molar-refractivity contribution in [3.05, 3.63) is 62.4 Å². The first kappa shape index (κ1) is 16.6. The zero-order valence-electron chi connectivity index (χ0n) is 11.0. The summed E-state index contributed by atoms with van der Waals surface area (Å²) in [4.78, 5) is -0.512. The van der Waals surface area contributed by atoms with E-state index in [1.807, 2.05) is 0 Å². The SMILES string of the molecule is N#CC(=Cc1cc(Br)ccc1O)S(=O)(=O)c1ccc(Cl)cc1. The molecule has 0 radical (unpaired) electrons. The largest absolute Gasteiger partial charge is 0.507 e. The number of hydrogen-bond acceptors (Lipinski definition) is 4. The van der Waals surface area contributed by atoms with Crippen LogP contribution in [0.4, 0.5) is 0 Å². The highest BCUT2D eigenvalue weighted by Crippen LogP contribution is 2.27. The summed E-state index contributed by atoms with van der Waals surface area (Å²) < 4.78 is 25.5. The minimum Gasteiger partial charge on any atom is -0.507 e. The molecule has 0 amide bonds. The first-order valence-corrected chi connectivity index (χ1v) is 8.61. The molecule has 0 aliphatic carbocycles. The predicted molar refractivity (Wildman–Crippen MR) is 88.0 cm³/mol. The van der Waals surface area contributed by atoms with E-state index in [0.717, 1.165) is 6.08 Å². The number of sulfone groups is 1. The molecule has 0 heterocycles. The van der Waals surface area contributed by atoms with Crippen LogP contribution in [0.5, 0.6) is 5.75 Å². The molecule has 2 aromatic rings. The second kappa shape index (κ2) is 6.53. The summed E-state index contributed by atoms with van der Waals surface area (Å²) in [5.41, 5.74) is 0.225. The predicted octanol–water partition coefficient (Wildman–Crippen LogP) is 4.15. The number of nitriles is 1. The Hall–Kier alpha value is -1.81. The maximum absolute atomic E-state index is 12.4. The molecule has 7 heteroatoms. The maximum Gasteiger partial charge on any atom is 0.216 e. The summed E-state index contributed by atoms with van der Waals surface area (Å²) in [6.07, 6.45) is 1.13. The van der Waals surface area contributed by atoms with E-state index in [0.29, 0.717) is 9.50 Å². The van der Waals surface area contributed by atoms with E-state index in [1.54, 1.807) is 12.1 Å². The zero-order chi connectivity index (χ0) is 16.3. The van der Waals surface area contributed by atoms with Gasteiger partial charge in [0.2, 0.25) is 9.84 Å². The van der Waals surface area contributed by atoms with Gasteiger partial charge in [0.25, 0.3) is 0 Å². The Bertz CT molecular complexity index is 884. The standard InChI is InChI=1S/C15H9BrClNO3S/c16-11-1-6-15(19)10(7-11)8-14(9-18)22(20,21)13-4-2-12(17)3-5-13/h1-8,19H. The number of halogens is 2. The summed E-state index contributed by atoms with van der Waals surface area (Å²) >= 11 is 8.95. The van der Waals surface area contributed by atoms with Crippen LogP contribution in [-0.4, -0.2) is 13.5 Å². The number of hydrogen-bond donors (Lipinski definition) is 1. The molecule has 0 bridgehead atoms. The fourth-order valence-electron chi connectivity index (χ4n) is 1.69. The fraction of sp³-hybridized carbons (Fsp3) is 0. The lowest BCUT2D eigenvalue weighted by atomic mass is 10.2. The van der Waals surface area contributed by atoms with Crippen molar-refractivity contribution in [1.82, 2.24) is 0 Å². The summed E-state index contributed by atoms with van der Waals surface area (Å²) in [6, 6.07) is 11.7. The number of allylic oxidation sites excluding steroid dienone is 1. The molecular formula is C15H9BrClNO3S. The van der Waals surface area contributed by atoms with Gasteiger partial charge in [0.15, 0.2) is 0 Å². The monoisotopic (exact) mass is 397 g/mol. The van der Waals surface area contributed by atoms with Crippen LogP contribution >= 0.6 is 27.5 Å². The molecule has 0 unspecified atom stereocenters. The van der Waals surface area contributed by atoms with E-state index in [1.165, 1.54) is 36.4 Å². The number of aromatic hydroxyl groups is 1. The van der Waals surface area contributed by atoms with Gasteiger partial charge in [-0.25, -0.2) is 8.42 Å². The van der Waals surface area contributed by atoms with Crippen molar-refractivity contribution >= 4 is 43.4 Å². The third kappa shape index (κ3) is 3.50. The molecule has 0 fully saturated rings. The van der Waals surface area contributed by atoms with Gasteiger partial charge in [-0.15, -0.1) is 0 Å². The van der Waals surface area contributed by atoms with Gasteiger partial charge in [-0.1, -0.05) is 27.5 Å². The van der Waals surface area contributed by atoms with Crippen molar-refractivity contribution in [3.63, 3.8) is 0 Å². The number of benzene rings is 2. The molecule has 0 saturated heterocycles. The van der Waals surface area contributed by atoms with E-state index in [9.17, 15) is 18.8 Å². The van der Waals surface area contributed by atoms with Crippen molar-refractivity contribution in [2.45, 2.75) is 4.90 Å². The van der Waals surface area contributed by atoms with Gasteiger partial charge in [0.05, 0.1) is 4.90 Å². The molecule has 0 aliphatic rings. The van der Waals surface area contributed by atoms with Gasteiger partial charge in [-0.3, -0.25) is 0 Å². The molecule has 112 valence electrons. The van der Waals surface area contributed by atoms with Crippen LogP contribution in [0.2, 0.25) is 5.02 Å². The third-order valence-corrected chi connectivity index (χ3v) is 5.23. The van der Waals surface area contributed by atoms with Gasteiger partial charge in [-0.05, 0) is 48.5 Å². The quantitative estimate of drug-likeness (QED) is 0.788. The number of nitrogens with zero attached hydrogens (tertiary/aromatic N) is 1. The second-order valence-corrected chi connectivity index (χ2v) is 7.55. The lowest BCUT2D eigenvalue weighted by Gasteiger charge is -2.05. The average Bonchev–Trinajstić information content (AvgIpc) is 2.48. The van der Waals surface area contributed by atoms with Crippen LogP contribution in [0.1, 0.15) is 5.56 Å². The normalized spacial score (nSPS) is 12.0. The Kier molecular flexibility index (Phi) is 4.91. The summed E-state index contributed by atoms with van der Waals surface area (Å²) in [5.74, 6) is -0.123. The first-order valence-electron chi connectivity index (χ1n) is 5.95. The lowest BCUT2D eigenvalue weighted by molar-refractivity contribution is 0.474. The Labute approximate surface area is 141 Å². The maximum atomic E-state index is 12.4. The molecule has 0 aliphatic heterocycles. The summed E-state index contributed by atoms with van der Waals surface area (Å²) in [7, 11) is -3.98. The number of rotatable bonds is 3. The minimum atomic E-state index is -3.98. The van der Waals surface area contributed by atoms with Gasteiger partial charge in [0, 0.05) is 15.1 Å². The van der Waals surface area contributed by atoms with Gasteiger partial charge in [-0.2, -0.15) is 5.26 Å². The molecule has 0 atom stereocenters. The molecule has 22 heavy (non-hydrogen) atoms. The zero-order valence-corrected chi connectivity index (χ0v) is 14.2. The van der Waals surface area contributed by atoms with Gasteiger partial charge < -0.3 is 5.11 Å². The highest BCUT2D eigenvalue weighted by Gasteiger charge is 2.21. The van der Waals surface area contributed by atoms with Crippen LogP contribution in [0.15, 0.2) is 56.7 Å². The molecule has 1 N–H and O–H groups in total. The lowest BCUT2D eigenvalue weighted by Crippen LogP contribution is -2.03. The van der Waals surface area contributed by atoms with Crippen LogP contribution in [0.25, 0.3) is 6.08 Å². The summed E-state index contributed by atoms with van der Waals surface area (Å²) in [5, 5.41) is 19.3. The second-order valence-electron chi connectivity index (χ2n) is 4.28. The van der Waals surface area contributed by atoms with E-state index < -0.39 is 14.7 Å². The Morgan fingerprint density at radius 1 is 1.23 bits per heavy atom. The smallest absolute Gasteiger partial charge is 0.216 e. The van der Waals surface area contributed by atoms with E-state index in [2.05, 4.69) is 15.9 Å². The molecular weight excluding hydrogens is 390 g/mol. The van der Waals surface area contributed by atoms with Gasteiger partial charge >= 0.3 is 0 Å². The van der Waals surface area contributed by atoms with Crippen molar-refractivity contribution in [1.29, 1.82) is 5.26 Å². The van der Waals surface area contributed by atoms with Crippen molar-refractivity contribution in [2.24, 2.45) is 0 Å². The van der Waals surface area contributed by atoms with Crippen molar-refractivity contribution < 1.29 is 13.5 Å². The van der Waals surface area contributed by atoms with Crippen LogP contribution in [0, 0.1) is 11.3 Å². The minimum absolute atomic E-state index is 0.0424. The molecule has 4 nitrogen and oxygen atoms in total. The Morgan fingerprint density at radius 2 is 1.86 bits per heavy atom. The molecule has 0 saturated carbocycles. The van der Waals surface area contributed by atoms with E-state index >= 15 is 0 Å². The Morgan fingerprint density at radius 3 is 2.45 bits per heavy atom. The molecule has 0 aromatic heterocycles. The average molecular weight is 399 g/mol. The number of phenols is 1. The van der Waals surface area contributed by atoms with Crippen LogP contribution in [-0.2, 0) is 9.84 Å². The highest BCUT2D eigenvalue weighted by molar-refractivity contribution is 9.10. The van der Waals surface area contributed by atoms with Crippen molar-refractivity contribution in [2.75, 3.05) is 0 Å². The van der Waals surface area contributed by atoms with E-state index in [4.69, 9.17) is 11.6 Å². The molecule has 0 spiro atoms. The molecule has 2 rings (SSSR count). The fourth-order valence-corrected chi connectivity index (χ4v) is 3.35. The third-order valence-electron chi connectivity index (χ3n) is 2.80. The van der Waals surface area contributed by atoms with Crippen LogP contribution < -0.4 is 0 Å². The van der Waals surface area contributed by atoms with Crippen LogP contribution in [0.3, 0.4) is 0 Å². The van der Waals surface area contributed by atoms with E-state index in [-0.39, 0.29) is 16.2 Å².